The average Bonchev–Trinajstić information content (AvgIpc) is 3.34. The second-order valence-electron chi connectivity index (χ2n) is 8.41. The predicted octanol–water partition coefficient (Wildman–Crippen LogP) is 4.17. The maximum Gasteiger partial charge on any atom is 0.166 e. The second kappa shape index (κ2) is 7.78. The first kappa shape index (κ1) is 20.8. The molecule has 0 fully saturated rings. The number of fused-ring (bicyclic) bond motifs is 7. The van der Waals surface area contributed by atoms with Gasteiger partial charge in [-0.3, -0.25) is 9.36 Å². The van der Waals surface area contributed by atoms with Crippen molar-refractivity contribution in [1.82, 2.24) is 24.5 Å². The largest absolute Gasteiger partial charge is 0.482 e. The number of nitriles is 1. The Bertz CT molecular complexity index is 1420. The maximum atomic E-state index is 9.88. The van der Waals surface area contributed by atoms with Crippen molar-refractivity contribution in [3.8, 4) is 34.3 Å². The lowest BCUT2D eigenvalue weighted by Crippen LogP contribution is -2.10. The lowest BCUT2D eigenvalue weighted by atomic mass is 9.93. The number of hydrogen-bond acceptors (Lipinski definition) is 6. The molecule has 2 bridgehead atoms. The van der Waals surface area contributed by atoms with E-state index in [-0.39, 0.29) is 6.10 Å². The number of aromatic nitrogens is 5. The van der Waals surface area contributed by atoms with Crippen molar-refractivity contribution in [2.75, 3.05) is 5.73 Å². The molecule has 3 aromatic heterocycles. The van der Waals surface area contributed by atoms with Gasteiger partial charge in [0.15, 0.2) is 17.3 Å². The maximum absolute atomic E-state index is 9.88. The third-order valence-electron chi connectivity index (χ3n) is 6.09. The Hall–Kier alpha value is -4.12. The lowest BCUT2D eigenvalue weighted by molar-refractivity contribution is 0.228. The monoisotopic (exact) mass is 439 g/mol. The molecule has 0 amide bonds. The highest BCUT2D eigenvalue weighted by Gasteiger charge is 2.26. The highest BCUT2D eigenvalue weighted by atomic mass is 16.5. The Labute approximate surface area is 192 Å². The van der Waals surface area contributed by atoms with Crippen LogP contribution < -0.4 is 10.5 Å². The molecule has 4 aromatic rings. The van der Waals surface area contributed by atoms with Crippen molar-refractivity contribution in [3.63, 3.8) is 0 Å². The number of anilines is 1. The fourth-order valence-corrected chi connectivity index (χ4v) is 4.56. The Morgan fingerprint density at radius 1 is 1.27 bits per heavy atom. The molecule has 33 heavy (non-hydrogen) atoms. The van der Waals surface area contributed by atoms with Crippen molar-refractivity contribution < 1.29 is 4.74 Å². The van der Waals surface area contributed by atoms with Gasteiger partial charge in [-0.25, -0.2) is 4.98 Å². The van der Waals surface area contributed by atoms with Crippen LogP contribution in [0.15, 0.2) is 36.7 Å². The van der Waals surface area contributed by atoms with Crippen LogP contribution in [0.1, 0.15) is 47.9 Å². The van der Waals surface area contributed by atoms with Crippen LogP contribution in [0.5, 0.6) is 5.75 Å². The van der Waals surface area contributed by atoms with Crippen LogP contribution in [0, 0.1) is 18.3 Å². The molecule has 8 heteroatoms. The number of aryl methyl sites for hydroxylation is 3. The predicted molar refractivity (Wildman–Crippen MR) is 125 cm³/mol. The van der Waals surface area contributed by atoms with E-state index in [2.05, 4.69) is 41.3 Å². The summed E-state index contributed by atoms with van der Waals surface area (Å²) in [6.45, 7) is 6.68. The lowest BCUT2D eigenvalue weighted by Gasteiger charge is -2.21. The molecular weight excluding hydrogens is 414 g/mol. The normalized spacial score (nSPS) is 14.7. The van der Waals surface area contributed by atoms with Gasteiger partial charge >= 0.3 is 0 Å². The highest BCUT2D eigenvalue weighted by molar-refractivity contribution is 5.73. The number of rotatable bonds is 1. The zero-order chi connectivity index (χ0) is 23.3. The molecule has 0 saturated carbocycles. The van der Waals surface area contributed by atoms with Crippen molar-refractivity contribution in [2.24, 2.45) is 7.05 Å². The Kier molecular flexibility index (Phi) is 4.90. The zero-order valence-electron chi connectivity index (χ0n) is 19.1. The Morgan fingerprint density at radius 3 is 2.85 bits per heavy atom. The van der Waals surface area contributed by atoms with Gasteiger partial charge in [-0.05, 0) is 26.8 Å². The summed E-state index contributed by atoms with van der Waals surface area (Å²) in [4.78, 5) is 4.41. The van der Waals surface area contributed by atoms with E-state index < -0.39 is 0 Å². The van der Waals surface area contributed by atoms with Gasteiger partial charge < -0.3 is 10.5 Å². The molecule has 2 N–H and O–H groups in total. The molecule has 1 aliphatic heterocycles. The van der Waals surface area contributed by atoms with E-state index >= 15 is 0 Å². The van der Waals surface area contributed by atoms with Gasteiger partial charge in [0, 0.05) is 60.2 Å². The minimum Gasteiger partial charge on any atom is -0.482 e. The standard InChI is InChI=1S/C25H25N7O/c1-5-32-24-16-10-22(25(27)28-12-16)33-15(3)19-8-14(2)6-7-18(19)23-17(13-31(4)30-23)9-20(24)21(11-26)29-32/h6-8,10,12-13,15H,5,9H2,1-4H3,(H2,27,28)/t15-/m1/s1. The number of hydrogen-bond donors (Lipinski definition) is 1. The molecule has 0 spiro atoms. The van der Waals surface area contributed by atoms with Crippen molar-refractivity contribution in [3.05, 3.63) is 64.6 Å². The van der Waals surface area contributed by atoms with Gasteiger partial charge in [0.05, 0.1) is 11.4 Å². The van der Waals surface area contributed by atoms with Gasteiger partial charge in [-0.2, -0.15) is 15.5 Å². The third-order valence-corrected chi connectivity index (χ3v) is 6.09. The Morgan fingerprint density at radius 2 is 2.09 bits per heavy atom. The summed E-state index contributed by atoms with van der Waals surface area (Å²) in [5.74, 6) is 0.822. The van der Waals surface area contributed by atoms with Crippen LogP contribution in [-0.2, 0) is 20.0 Å². The molecule has 0 aliphatic carbocycles. The molecular formula is C25H25N7O. The molecule has 1 atom stereocenters. The topological polar surface area (TPSA) is 108 Å². The summed E-state index contributed by atoms with van der Waals surface area (Å²) in [5, 5.41) is 19.3. The van der Waals surface area contributed by atoms with E-state index in [1.807, 2.05) is 42.5 Å². The first-order valence-corrected chi connectivity index (χ1v) is 10.9. The van der Waals surface area contributed by atoms with E-state index in [1.54, 1.807) is 6.20 Å². The molecule has 1 aromatic carbocycles. The van der Waals surface area contributed by atoms with Crippen LogP contribution >= 0.6 is 0 Å². The summed E-state index contributed by atoms with van der Waals surface area (Å²) >= 11 is 0. The fraction of sp³-hybridized carbons (Fsp3) is 0.280. The smallest absolute Gasteiger partial charge is 0.166 e. The van der Waals surface area contributed by atoms with E-state index in [1.165, 1.54) is 0 Å². The van der Waals surface area contributed by atoms with Gasteiger partial charge in [0.2, 0.25) is 0 Å². The number of benzene rings is 1. The molecule has 0 radical (unpaired) electrons. The summed E-state index contributed by atoms with van der Waals surface area (Å²) in [6.07, 6.45) is 3.97. The van der Waals surface area contributed by atoms with E-state index in [9.17, 15) is 5.26 Å². The van der Waals surface area contributed by atoms with Gasteiger partial charge in [0.25, 0.3) is 0 Å². The minimum atomic E-state index is -0.279. The van der Waals surface area contributed by atoms with Gasteiger partial charge in [0.1, 0.15) is 12.2 Å². The van der Waals surface area contributed by atoms with E-state index in [4.69, 9.17) is 15.6 Å². The summed E-state index contributed by atoms with van der Waals surface area (Å²) in [6, 6.07) is 10.5. The van der Waals surface area contributed by atoms with Crippen molar-refractivity contribution in [1.29, 1.82) is 5.26 Å². The molecule has 1 aliphatic rings. The fourth-order valence-electron chi connectivity index (χ4n) is 4.56. The van der Waals surface area contributed by atoms with E-state index in [0.29, 0.717) is 30.2 Å². The van der Waals surface area contributed by atoms with Crippen molar-refractivity contribution in [2.45, 2.75) is 39.8 Å². The number of nitrogens with zero attached hydrogens (tertiary/aromatic N) is 6. The zero-order valence-corrected chi connectivity index (χ0v) is 19.1. The van der Waals surface area contributed by atoms with Gasteiger partial charge in [-0.1, -0.05) is 23.8 Å². The summed E-state index contributed by atoms with van der Waals surface area (Å²) in [7, 11) is 1.91. The molecule has 0 saturated heterocycles. The SMILES string of the molecule is CCn1nc(C#N)c2c1-c1cnc(N)c(c1)O[C@H](C)c1cc(C)ccc1-c1nn(C)cc1C2. The van der Waals surface area contributed by atoms with Crippen LogP contribution in [0.4, 0.5) is 5.82 Å². The number of nitrogens with two attached hydrogens (primary N) is 1. The van der Waals surface area contributed by atoms with Crippen molar-refractivity contribution >= 4 is 5.82 Å². The molecule has 0 unspecified atom stereocenters. The molecule has 166 valence electrons. The number of ether oxygens (including phenoxy) is 1. The third kappa shape index (κ3) is 3.42. The number of pyridine rings is 1. The first-order valence-electron chi connectivity index (χ1n) is 10.9. The van der Waals surface area contributed by atoms with E-state index in [0.717, 1.165) is 44.8 Å². The van der Waals surface area contributed by atoms with Crippen LogP contribution in [-0.4, -0.2) is 24.5 Å². The van der Waals surface area contributed by atoms with Crippen LogP contribution in [0.2, 0.25) is 0 Å². The molecule has 4 heterocycles. The minimum absolute atomic E-state index is 0.279. The summed E-state index contributed by atoms with van der Waals surface area (Å²) < 4.78 is 10.0. The second-order valence-corrected chi connectivity index (χ2v) is 8.41. The average molecular weight is 440 g/mol. The summed E-state index contributed by atoms with van der Waals surface area (Å²) in [5.41, 5.74) is 14.1. The van der Waals surface area contributed by atoms with Gasteiger partial charge in [-0.15, -0.1) is 0 Å². The molecule has 5 rings (SSSR count). The van der Waals surface area contributed by atoms with Crippen LogP contribution in [0.3, 0.4) is 0 Å². The van der Waals surface area contributed by atoms with Crippen LogP contribution in [0.25, 0.3) is 22.5 Å². The Balaban J connectivity index is 1.86. The quantitative estimate of drug-likeness (QED) is 0.477. The number of nitrogen functional groups attached to an aromatic ring is 1. The first-order chi connectivity index (χ1) is 15.9. The highest BCUT2D eigenvalue weighted by Crippen LogP contribution is 2.39. The molecule has 8 nitrogen and oxygen atoms in total.